The summed E-state index contributed by atoms with van der Waals surface area (Å²) >= 11 is 0. The van der Waals surface area contributed by atoms with Gasteiger partial charge in [0.2, 0.25) is 0 Å². The molecule has 0 spiro atoms. The Morgan fingerprint density at radius 2 is 1.68 bits per heavy atom. The third-order valence-electron chi connectivity index (χ3n) is 4.17. The summed E-state index contributed by atoms with van der Waals surface area (Å²) in [6.45, 7) is 0.507. The highest BCUT2D eigenvalue weighted by Crippen LogP contribution is 2.30. The number of hydrogen-bond acceptors (Lipinski definition) is 5. The van der Waals surface area contributed by atoms with Gasteiger partial charge in [0.15, 0.2) is 9.84 Å². The SMILES string of the molecule is COC(=O)c1ccc2c(c1)CCN2C(=O)c1ccc(S(C)(=O)=O)cc1. The third-order valence-corrected chi connectivity index (χ3v) is 5.30. The fourth-order valence-corrected chi connectivity index (χ4v) is 3.49. The van der Waals surface area contributed by atoms with Gasteiger partial charge in [0.05, 0.1) is 17.6 Å². The van der Waals surface area contributed by atoms with E-state index in [-0.39, 0.29) is 10.8 Å². The molecular weight excluding hydrogens is 342 g/mol. The van der Waals surface area contributed by atoms with Crippen LogP contribution in [0.4, 0.5) is 5.69 Å². The molecule has 25 heavy (non-hydrogen) atoms. The van der Waals surface area contributed by atoms with E-state index in [0.717, 1.165) is 17.5 Å². The minimum Gasteiger partial charge on any atom is -0.465 e. The summed E-state index contributed by atoms with van der Waals surface area (Å²) in [4.78, 5) is 26.1. The number of carbonyl (C=O) groups is 2. The van der Waals surface area contributed by atoms with Crippen molar-refractivity contribution in [1.29, 1.82) is 0 Å². The number of nitrogens with zero attached hydrogens (tertiary/aromatic N) is 1. The quantitative estimate of drug-likeness (QED) is 0.784. The lowest BCUT2D eigenvalue weighted by molar-refractivity contribution is 0.0600. The second-order valence-electron chi connectivity index (χ2n) is 5.84. The Kier molecular flexibility index (Phi) is 4.34. The van der Waals surface area contributed by atoms with Gasteiger partial charge in [-0.15, -0.1) is 0 Å². The number of rotatable bonds is 3. The Balaban J connectivity index is 1.87. The molecule has 0 bridgehead atoms. The molecule has 1 amide bonds. The first-order chi connectivity index (χ1) is 11.8. The highest BCUT2D eigenvalue weighted by Gasteiger charge is 2.26. The van der Waals surface area contributed by atoms with E-state index in [2.05, 4.69) is 0 Å². The topological polar surface area (TPSA) is 80.8 Å². The van der Waals surface area contributed by atoms with Crippen molar-refractivity contribution in [2.75, 3.05) is 24.8 Å². The maximum Gasteiger partial charge on any atom is 0.337 e. The molecule has 0 radical (unpaired) electrons. The lowest BCUT2D eigenvalue weighted by Gasteiger charge is -2.17. The molecule has 0 aliphatic carbocycles. The number of hydrogen-bond donors (Lipinski definition) is 0. The molecule has 0 fully saturated rings. The molecule has 130 valence electrons. The van der Waals surface area contributed by atoms with E-state index in [1.54, 1.807) is 23.1 Å². The van der Waals surface area contributed by atoms with Gasteiger partial charge in [-0.1, -0.05) is 0 Å². The number of anilines is 1. The second kappa shape index (κ2) is 6.33. The van der Waals surface area contributed by atoms with E-state index in [1.165, 1.54) is 31.4 Å². The minimum atomic E-state index is -3.30. The van der Waals surface area contributed by atoms with Gasteiger partial charge in [0.25, 0.3) is 5.91 Å². The van der Waals surface area contributed by atoms with Gasteiger partial charge in [0.1, 0.15) is 0 Å². The normalized spacial score (nSPS) is 13.4. The van der Waals surface area contributed by atoms with Crippen molar-refractivity contribution in [2.45, 2.75) is 11.3 Å². The Labute approximate surface area is 145 Å². The molecule has 1 aliphatic rings. The van der Waals surface area contributed by atoms with Crippen molar-refractivity contribution in [2.24, 2.45) is 0 Å². The average Bonchev–Trinajstić information content (AvgIpc) is 3.02. The number of sulfone groups is 1. The Hall–Kier alpha value is -2.67. The van der Waals surface area contributed by atoms with Gasteiger partial charge in [-0.3, -0.25) is 4.79 Å². The number of methoxy groups -OCH3 is 1. The van der Waals surface area contributed by atoms with Crippen LogP contribution in [0, 0.1) is 0 Å². The van der Waals surface area contributed by atoms with Crippen LogP contribution in [0.25, 0.3) is 0 Å². The van der Waals surface area contributed by atoms with Gasteiger partial charge in [-0.25, -0.2) is 13.2 Å². The molecule has 1 heterocycles. The fourth-order valence-electron chi connectivity index (χ4n) is 2.86. The first kappa shape index (κ1) is 17.2. The first-order valence-electron chi connectivity index (χ1n) is 7.64. The Morgan fingerprint density at radius 3 is 2.28 bits per heavy atom. The third kappa shape index (κ3) is 3.28. The minimum absolute atomic E-state index is 0.175. The van der Waals surface area contributed by atoms with E-state index in [1.807, 2.05) is 0 Å². The van der Waals surface area contributed by atoms with Crippen molar-refractivity contribution in [1.82, 2.24) is 0 Å². The van der Waals surface area contributed by atoms with E-state index in [4.69, 9.17) is 4.74 Å². The van der Waals surface area contributed by atoms with Crippen LogP contribution in [-0.2, 0) is 21.0 Å². The monoisotopic (exact) mass is 359 g/mol. The van der Waals surface area contributed by atoms with E-state index < -0.39 is 15.8 Å². The standard InChI is InChI=1S/C18H17NO5S/c1-24-18(21)14-5-8-16-13(11-14)9-10-19(16)17(20)12-3-6-15(7-4-12)25(2,22)23/h3-8,11H,9-10H2,1-2H3. The molecule has 0 atom stereocenters. The van der Waals surface area contributed by atoms with Crippen LogP contribution < -0.4 is 4.90 Å². The van der Waals surface area contributed by atoms with Crippen LogP contribution in [0.3, 0.4) is 0 Å². The zero-order valence-corrected chi connectivity index (χ0v) is 14.7. The van der Waals surface area contributed by atoms with Crippen molar-refractivity contribution in [3.63, 3.8) is 0 Å². The highest BCUT2D eigenvalue weighted by atomic mass is 32.2. The molecule has 2 aromatic carbocycles. The van der Waals surface area contributed by atoms with Gasteiger partial charge in [-0.2, -0.15) is 0 Å². The molecule has 1 aliphatic heterocycles. The fraction of sp³-hybridized carbons (Fsp3) is 0.222. The molecule has 0 unspecified atom stereocenters. The maximum atomic E-state index is 12.7. The highest BCUT2D eigenvalue weighted by molar-refractivity contribution is 7.90. The predicted octanol–water partition coefficient (Wildman–Crippen LogP) is 2.08. The molecule has 0 saturated carbocycles. The van der Waals surface area contributed by atoms with Crippen molar-refractivity contribution in [3.05, 3.63) is 59.2 Å². The van der Waals surface area contributed by atoms with Crippen LogP contribution in [-0.4, -0.2) is 40.2 Å². The van der Waals surface area contributed by atoms with E-state index in [9.17, 15) is 18.0 Å². The molecule has 2 aromatic rings. The van der Waals surface area contributed by atoms with Gasteiger partial charge in [-0.05, 0) is 54.4 Å². The van der Waals surface area contributed by atoms with Crippen molar-refractivity contribution in [3.8, 4) is 0 Å². The van der Waals surface area contributed by atoms with Crippen LogP contribution in [0.15, 0.2) is 47.4 Å². The largest absolute Gasteiger partial charge is 0.465 e. The summed E-state index contributed by atoms with van der Waals surface area (Å²) in [6, 6.07) is 11.0. The van der Waals surface area contributed by atoms with Crippen LogP contribution in [0.5, 0.6) is 0 Å². The Bertz CT molecular complexity index is 948. The zero-order valence-electron chi connectivity index (χ0n) is 13.9. The summed E-state index contributed by atoms with van der Waals surface area (Å²) in [5.74, 6) is -0.617. The Morgan fingerprint density at radius 1 is 1.04 bits per heavy atom. The van der Waals surface area contributed by atoms with Gasteiger partial charge < -0.3 is 9.64 Å². The summed E-state index contributed by atoms with van der Waals surface area (Å²) in [5.41, 5.74) is 2.53. The molecular formula is C18H17NO5S. The molecule has 7 heteroatoms. The van der Waals surface area contributed by atoms with Gasteiger partial charge >= 0.3 is 5.97 Å². The van der Waals surface area contributed by atoms with Crippen LogP contribution in [0.1, 0.15) is 26.3 Å². The van der Waals surface area contributed by atoms with Crippen LogP contribution in [0.2, 0.25) is 0 Å². The van der Waals surface area contributed by atoms with Crippen molar-refractivity contribution < 1.29 is 22.7 Å². The lowest BCUT2D eigenvalue weighted by atomic mass is 10.1. The molecule has 0 saturated heterocycles. The summed E-state index contributed by atoms with van der Waals surface area (Å²) in [7, 11) is -1.97. The predicted molar refractivity (Wildman–Crippen MR) is 92.7 cm³/mol. The number of ether oxygens (including phenoxy) is 1. The molecule has 3 rings (SSSR count). The lowest BCUT2D eigenvalue weighted by Crippen LogP contribution is -2.28. The number of amides is 1. The van der Waals surface area contributed by atoms with Crippen molar-refractivity contribution >= 4 is 27.4 Å². The number of esters is 1. The van der Waals surface area contributed by atoms with Crippen LogP contribution >= 0.6 is 0 Å². The van der Waals surface area contributed by atoms with Gasteiger partial charge in [0, 0.05) is 24.1 Å². The molecule has 0 aromatic heterocycles. The zero-order chi connectivity index (χ0) is 18.2. The molecule has 0 N–H and O–H groups in total. The van der Waals surface area contributed by atoms with E-state index >= 15 is 0 Å². The molecule has 6 nitrogen and oxygen atoms in total. The summed E-state index contributed by atoms with van der Waals surface area (Å²) in [5, 5.41) is 0. The number of fused-ring (bicyclic) bond motifs is 1. The number of benzene rings is 2. The first-order valence-corrected chi connectivity index (χ1v) is 9.53. The maximum absolute atomic E-state index is 12.7. The van der Waals surface area contributed by atoms with E-state index in [0.29, 0.717) is 24.1 Å². The second-order valence-corrected chi connectivity index (χ2v) is 7.85. The number of carbonyl (C=O) groups excluding carboxylic acids is 2. The summed E-state index contributed by atoms with van der Waals surface area (Å²) in [6.07, 6.45) is 1.77. The average molecular weight is 359 g/mol. The smallest absolute Gasteiger partial charge is 0.337 e. The summed E-state index contributed by atoms with van der Waals surface area (Å²) < 4.78 is 27.7.